The molecular weight excluding hydrogens is 236 g/mol. The third-order valence-corrected chi connectivity index (χ3v) is 3.03. The van der Waals surface area contributed by atoms with Crippen LogP contribution in [0.1, 0.15) is 37.7 Å². The van der Waals surface area contributed by atoms with E-state index >= 15 is 0 Å². The Balaban J connectivity index is 2.36. The number of pyridine rings is 1. The number of rotatable bonds is 4. The van der Waals surface area contributed by atoms with Crippen molar-refractivity contribution in [3.05, 3.63) is 41.2 Å². The van der Waals surface area contributed by atoms with Gasteiger partial charge in [-0.1, -0.05) is 6.92 Å². The van der Waals surface area contributed by atoms with Crippen LogP contribution < -0.4 is 0 Å². The van der Waals surface area contributed by atoms with Crippen LogP contribution >= 0.6 is 11.6 Å². The van der Waals surface area contributed by atoms with Crippen LogP contribution in [0.3, 0.4) is 0 Å². The Bertz CT molecular complexity index is 481. The fraction of sp³-hybridized carbons (Fsp3) is 0.417. The first-order valence-electron chi connectivity index (χ1n) is 5.73. The van der Waals surface area contributed by atoms with Gasteiger partial charge < -0.3 is 0 Å². The summed E-state index contributed by atoms with van der Waals surface area (Å²) >= 11 is 6.10. The Morgan fingerprint density at radius 3 is 2.65 bits per heavy atom. The Morgan fingerprint density at radius 1 is 1.29 bits per heavy atom. The van der Waals surface area contributed by atoms with Gasteiger partial charge in [-0.15, -0.1) is 10.2 Å². The van der Waals surface area contributed by atoms with E-state index in [0.717, 1.165) is 24.2 Å². The van der Waals surface area contributed by atoms with E-state index in [1.807, 2.05) is 16.7 Å². The van der Waals surface area contributed by atoms with Crippen molar-refractivity contribution in [1.82, 2.24) is 19.7 Å². The lowest BCUT2D eigenvalue weighted by Gasteiger charge is -2.16. The van der Waals surface area contributed by atoms with E-state index in [9.17, 15) is 0 Å². The van der Waals surface area contributed by atoms with Gasteiger partial charge >= 0.3 is 0 Å². The van der Waals surface area contributed by atoms with Gasteiger partial charge in [0.2, 0.25) is 5.28 Å². The zero-order valence-corrected chi connectivity index (χ0v) is 10.7. The predicted octanol–water partition coefficient (Wildman–Crippen LogP) is 2.89. The van der Waals surface area contributed by atoms with Crippen LogP contribution in [0, 0.1) is 0 Å². The van der Waals surface area contributed by atoms with Gasteiger partial charge in [0.25, 0.3) is 0 Å². The molecule has 90 valence electrons. The lowest BCUT2D eigenvalue weighted by molar-refractivity contribution is 0.596. The van der Waals surface area contributed by atoms with Crippen LogP contribution in [-0.2, 0) is 6.42 Å². The van der Waals surface area contributed by atoms with Gasteiger partial charge in [-0.2, -0.15) is 0 Å². The highest BCUT2D eigenvalue weighted by molar-refractivity contribution is 6.28. The fourth-order valence-electron chi connectivity index (χ4n) is 1.87. The molecule has 4 nitrogen and oxygen atoms in total. The second-order valence-electron chi connectivity index (χ2n) is 3.96. The summed E-state index contributed by atoms with van der Waals surface area (Å²) in [6, 6.07) is 4.09. The summed E-state index contributed by atoms with van der Waals surface area (Å²) in [6.07, 6.45) is 5.47. The van der Waals surface area contributed by atoms with Gasteiger partial charge in [-0.3, -0.25) is 9.55 Å². The van der Waals surface area contributed by atoms with Crippen molar-refractivity contribution < 1.29 is 0 Å². The SMILES string of the molecule is CCCc1nnc(Cl)n1C(C)c1ccncc1. The van der Waals surface area contributed by atoms with E-state index in [-0.39, 0.29) is 6.04 Å². The first-order valence-corrected chi connectivity index (χ1v) is 6.11. The standard InChI is InChI=1S/C12H15ClN4/c1-3-4-11-15-16-12(13)17(11)9(2)10-5-7-14-8-6-10/h5-9H,3-4H2,1-2H3. The molecule has 2 heterocycles. The molecule has 17 heavy (non-hydrogen) atoms. The number of hydrogen-bond donors (Lipinski definition) is 0. The minimum absolute atomic E-state index is 0.127. The highest BCUT2D eigenvalue weighted by atomic mass is 35.5. The maximum absolute atomic E-state index is 6.10. The first-order chi connectivity index (χ1) is 8.24. The van der Waals surface area contributed by atoms with Gasteiger partial charge in [0.05, 0.1) is 6.04 Å². The molecule has 0 bridgehead atoms. The number of aromatic nitrogens is 4. The highest BCUT2D eigenvalue weighted by Crippen LogP contribution is 2.23. The van der Waals surface area contributed by atoms with E-state index in [0.29, 0.717) is 5.28 Å². The molecule has 1 atom stereocenters. The molecule has 0 fully saturated rings. The van der Waals surface area contributed by atoms with Crippen molar-refractivity contribution in [2.24, 2.45) is 0 Å². The van der Waals surface area contributed by atoms with Gasteiger partial charge in [0.15, 0.2) is 0 Å². The zero-order chi connectivity index (χ0) is 12.3. The molecule has 2 aromatic rings. The van der Waals surface area contributed by atoms with Crippen molar-refractivity contribution in [3.63, 3.8) is 0 Å². The molecule has 1 unspecified atom stereocenters. The number of nitrogens with zero attached hydrogens (tertiary/aromatic N) is 4. The van der Waals surface area contributed by atoms with Crippen LogP contribution in [0.2, 0.25) is 5.28 Å². The van der Waals surface area contributed by atoms with E-state index in [1.165, 1.54) is 0 Å². The molecule has 0 N–H and O–H groups in total. The van der Waals surface area contributed by atoms with Crippen molar-refractivity contribution >= 4 is 11.6 Å². The number of halogens is 1. The Morgan fingerprint density at radius 2 is 2.00 bits per heavy atom. The normalized spacial score (nSPS) is 12.6. The van der Waals surface area contributed by atoms with Crippen LogP contribution in [0.15, 0.2) is 24.5 Å². The quantitative estimate of drug-likeness (QED) is 0.838. The molecule has 0 amide bonds. The van der Waals surface area contributed by atoms with Crippen LogP contribution in [0.4, 0.5) is 0 Å². The average molecular weight is 251 g/mol. The summed E-state index contributed by atoms with van der Waals surface area (Å²) in [7, 11) is 0. The summed E-state index contributed by atoms with van der Waals surface area (Å²) < 4.78 is 1.97. The lowest BCUT2D eigenvalue weighted by atomic mass is 10.1. The summed E-state index contributed by atoms with van der Waals surface area (Å²) in [5, 5.41) is 8.50. The Labute approximate surface area is 106 Å². The second-order valence-corrected chi connectivity index (χ2v) is 4.30. The molecule has 0 aliphatic rings. The largest absolute Gasteiger partial charge is 0.294 e. The van der Waals surface area contributed by atoms with E-state index in [2.05, 4.69) is 29.0 Å². The van der Waals surface area contributed by atoms with Crippen LogP contribution in [-0.4, -0.2) is 19.7 Å². The molecule has 2 aromatic heterocycles. The maximum Gasteiger partial charge on any atom is 0.225 e. The third-order valence-electron chi connectivity index (χ3n) is 2.77. The molecule has 0 aliphatic heterocycles. The summed E-state index contributed by atoms with van der Waals surface area (Å²) in [6.45, 7) is 4.20. The smallest absolute Gasteiger partial charge is 0.225 e. The minimum atomic E-state index is 0.127. The molecule has 0 radical (unpaired) electrons. The van der Waals surface area contributed by atoms with E-state index < -0.39 is 0 Å². The van der Waals surface area contributed by atoms with Crippen molar-refractivity contribution in [2.75, 3.05) is 0 Å². The van der Waals surface area contributed by atoms with Crippen molar-refractivity contribution in [1.29, 1.82) is 0 Å². The Hall–Kier alpha value is -1.42. The monoisotopic (exact) mass is 250 g/mol. The van der Waals surface area contributed by atoms with Crippen molar-refractivity contribution in [3.8, 4) is 0 Å². The number of hydrogen-bond acceptors (Lipinski definition) is 3. The van der Waals surface area contributed by atoms with Crippen molar-refractivity contribution in [2.45, 2.75) is 32.7 Å². The highest BCUT2D eigenvalue weighted by Gasteiger charge is 2.16. The van der Waals surface area contributed by atoms with Gasteiger partial charge in [-0.05, 0) is 42.6 Å². The maximum atomic E-state index is 6.10. The topological polar surface area (TPSA) is 43.6 Å². The van der Waals surface area contributed by atoms with Crippen LogP contribution in [0.25, 0.3) is 0 Å². The minimum Gasteiger partial charge on any atom is -0.294 e. The zero-order valence-electron chi connectivity index (χ0n) is 9.97. The van der Waals surface area contributed by atoms with Gasteiger partial charge in [-0.25, -0.2) is 0 Å². The third kappa shape index (κ3) is 2.47. The Kier molecular flexibility index (Phi) is 3.74. The average Bonchev–Trinajstić information content (AvgIpc) is 2.71. The first kappa shape index (κ1) is 12.0. The summed E-state index contributed by atoms with van der Waals surface area (Å²) in [4.78, 5) is 4.02. The number of aryl methyl sites for hydroxylation is 1. The van der Waals surface area contributed by atoms with Gasteiger partial charge in [0.1, 0.15) is 5.82 Å². The molecule has 0 saturated carbocycles. The summed E-state index contributed by atoms with van der Waals surface area (Å²) in [5.74, 6) is 0.932. The molecule has 0 aromatic carbocycles. The molecule has 0 aliphatic carbocycles. The molecular formula is C12H15ClN4. The molecule has 2 rings (SSSR count). The molecule has 0 spiro atoms. The van der Waals surface area contributed by atoms with Gasteiger partial charge in [0, 0.05) is 18.8 Å². The van der Waals surface area contributed by atoms with Crippen LogP contribution in [0.5, 0.6) is 0 Å². The van der Waals surface area contributed by atoms with E-state index in [1.54, 1.807) is 12.4 Å². The molecule has 0 saturated heterocycles. The fourth-order valence-corrected chi connectivity index (χ4v) is 2.15. The van der Waals surface area contributed by atoms with E-state index in [4.69, 9.17) is 11.6 Å². The molecule has 5 heteroatoms. The summed E-state index contributed by atoms with van der Waals surface area (Å²) in [5.41, 5.74) is 1.15. The second kappa shape index (κ2) is 5.27. The lowest BCUT2D eigenvalue weighted by Crippen LogP contribution is -2.11. The predicted molar refractivity (Wildman–Crippen MR) is 67.1 cm³/mol.